The quantitative estimate of drug-likeness (QED) is 0.522. The number of hydrogen-bond donors (Lipinski definition) is 3. The molecule has 24 heavy (non-hydrogen) atoms. The average Bonchev–Trinajstić information content (AvgIpc) is 2.48. The van der Waals surface area contributed by atoms with Crippen LogP contribution in [0.25, 0.3) is 0 Å². The molecule has 0 heterocycles. The molecule has 0 aliphatic heterocycles. The highest BCUT2D eigenvalue weighted by Gasteiger charge is 2.17. The third kappa shape index (κ3) is 6.64. The van der Waals surface area contributed by atoms with E-state index in [9.17, 15) is 14.4 Å². The van der Waals surface area contributed by atoms with Gasteiger partial charge in [-0.15, -0.1) is 0 Å². The number of carbonyl (C=O) groups is 3. The number of esters is 1. The Bertz CT molecular complexity index is 635. The molecule has 0 saturated carbocycles. The van der Waals surface area contributed by atoms with Crippen LogP contribution in [0.2, 0.25) is 10.0 Å². The number of amides is 3. The fourth-order valence-electron chi connectivity index (χ4n) is 1.64. The molecule has 0 saturated heterocycles. The summed E-state index contributed by atoms with van der Waals surface area (Å²) in [5.41, 5.74) is 5.61. The monoisotopic (exact) mass is 375 g/mol. The Balaban J connectivity index is 2.47. The lowest BCUT2D eigenvalue weighted by Crippen LogP contribution is -2.42. The summed E-state index contributed by atoms with van der Waals surface area (Å²) in [7, 11) is 0. The zero-order chi connectivity index (χ0) is 18.3. The molecule has 0 radical (unpaired) electrons. The van der Waals surface area contributed by atoms with Crippen LogP contribution in [-0.4, -0.2) is 31.1 Å². The van der Waals surface area contributed by atoms with Crippen molar-refractivity contribution < 1.29 is 19.1 Å². The molecule has 0 spiro atoms. The van der Waals surface area contributed by atoms with Crippen LogP contribution in [0.1, 0.15) is 30.6 Å². The van der Waals surface area contributed by atoms with Gasteiger partial charge in [0.15, 0.2) is 6.61 Å². The summed E-state index contributed by atoms with van der Waals surface area (Å²) in [5.74, 6) is -1.21. The van der Waals surface area contributed by atoms with Crippen LogP contribution < -0.4 is 16.4 Å². The van der Waals surface area contributed by atoms with Gasteiger partial charge in [-0.05, 0) is 24.5 Å². The maximum Gasteiger partial charge on any atom is 0.340 e. The van der Waals surface area contributed by atoms with Crippen LogP contribution in [0, 0.1) is 5.92 Å². The number of imide groups is 1. The number of nitrogens with two attached hydrogens (primary N) is 1. The molecule has 132 valence electrons. The molecule has 0 aliphatic carbocycles. The Kier molecular flexibility index (Phi) is 7.81. The van der Waals surface area contributed by atoms with Gasteiger partial charge in [0.25, 0.3) is 5.91 Å². The van der Waals surface area contributed by atoms with Crippen LogP contribution in [0.15, 0.2) is 12.1 Å². The van der Waals surface area contributed by atoms with Crippen molar-refractivity contribution in [1.29, 1.82) is 0 Å². The van der Waals surface area contributed by atoms with Crippen LogP contribution in [0.4, 0.5) is 10.5 Å². The molecule has 9 heteroatoms. The second-order valence-electron chi connectivity index (χ2n) is 5.41. The van der Waals surface area contributed by atoms with E-state index in [-0.39, 0.29) is 21.3 Å². The predicted octanol–water partition coefficient (Wildman–Crippen LogP) is 2.60. The predicted molar refractivity (Wildman–Crippen MR) is 92.2 cm³/mol. The summed E-state index contributed by atoms with van der Waals surface area (Å²) < 4.78 is 4.80. The van der Waals surface area contributed by atoms with E-state index in [0.29, 0.717) is 12.5 Å². The molecule has 1 aromatic carbocycles. The van der Waals surface area contributed by atoms with Gasteiger partial charge in [-0.3, -0.25) is 10.1 Å². The number of nitrogen functional groups attached to an aromatic ring is 1. The van der Waals surface area contributed by atoms with Crippen molar-refractivity contribution in [1.82, 2.24) is 10.6 Å². The number of halogens is 2. The molecule has 0 atom stereocenters. The number of benzene rings is 1. The van der Waals surface area contributed by atoms with E-state index in [1.54, 1.807) is 0 Å². The van der Waals surface area contributed by atoms with Crippen LogP contribution in [-0.2, 0) is 9.53 Å². The van der Waals surface area contributed by atoms with Gasteiger partial charge >= 0.3 is 12.0 Å². The Labute approximate surface area is 149 Å². The van der Waals surface area contributed by atoms with Crippen molar-refractivity contribution in [3.8, 4) is 0 Å². The lowest BCUT2D eigenvalue weighted by molar-refractivity contribution is -0.123. The SMILES string of the molecule is CC(C)CCNC(=O)NC(=O)COC(=O)c1cc(Cl)cc(Cl)c1N. The molecule has 0 aliphatic rings. The minimum absolute atomic E-state index is 0.00194. The molecule has 4 N–H and O–H groups in total. The number of rotatable bonds is 6. The smallest absolute Gasteiger partial charge is 0.340 e. The van der Waals surface area contributed by atoms with Gasteiger partial charge in [-0.1, -0.05) is 37.0 Å². The first-order valence-electron chi connectivity index (χ1n) is 7.20. The summed E-state index contributed by atoms with van der Waals surface area (Å²) in [6, 6.07) is 2.01. The largest absolute Gasteiger partial charge is 0.452 e. The van der Waals surface area contributed by atoms with E-state index in [2.05, 4.69) is 5.32 Å². The van der Waals surface area contributed by atoms with Gasteiger partial charge in [0, 0.05) is 11.6 Å². The van der Waals surface area contributed by atoms with E-state index >= 15 is 0 Å². The van der Waals surface area contributed by atoms with Gasteiger partial charge in [-0.25, -0.2) is 9.59 Å². The third-order valence-corrected chi connectivity index (χ3v) is 3.44. The zero-order valence-electron chi connectivity index (χ0n) is 13.3. The van der Waals surface area contributed by atoms with E-state index in [1.807, 2.05) is 19.2 Å². The second-order valence-corrected chi connectivity index (χ2v) is 6.26. The Hall–Kier alpha value is -1.99. The summed E-state index contributed by atoms with van der Waals surface area (Å²) in [6.07, 6.45) is 0.783. The number of urea groups is 1. The normalized spacial score (nSPS) is 10.4. The van der Waals surface area contributed by atoms with Gasteiger partial charge in [0.05, 0.1) is 16.3 Å². The van der Waals surface area contributed by atoms with Gasteiger partial charge < -0.3 is 15.8 Å². The van der Waals surface area contributed by atoms with E-state index < -0.39 is 24.5 Å². The van der Waals surface area contributed by atoms with Crippen LogP contribution >= 0.6 is 23.2 Å². The first-order chi connectivity index (χ1) is 11.2. The van der Waals surface area contributed by atoms with Crippen LogP contribution in [0.5, 0.6) is 0 Å². The zero-order valence-corrected chi connectivity index (χ0v) is 14.8. The van der Waals surface area contributed by atoms with E-state index in [1.165, 1.54) is 12.1 Å². The van der Waals surface area contributed by atoms with Gasteiger partial charge in [-0.2, -0.15) is 0 Å². The molecule has 0 unspecified atom stereocenters. The molecule has 0 bridgehead atoms. The average molecular weight is 376 g/mol. The number of carbonyl (C=O) groups excluding carboxylic acids is 3. The Morgan fingerprint density at radius 1 is 1.25 bits per heavy atom. The lowest BCUT2D eigenvalue weighted by Gasteiger charge is -2.10. The molecule has 1 rings (SSSR count). The van der Waals surface area contributed by atoms with E-state index in [4.69, 9.17) is 33.7 Å². The lowest BCUT2D eigenvalue weighted by atomic mass is 10.1. The maximum atomic E-state index is 11.9. The Morgan fingerprint density at radius 3 is 2.54 bits per heavy atom. The summed E-state index contributed by atoms with van der Waals surface area (Å²) in [6.45, 7) is 3.82. The Morgan fingerprint density at radius 2 is 1.92 bits per heavy atom. The fraction of sp³-hybridized carbons (Fsp3) is 0.400. The fourth-order valence-corrected chi connectivity index (χ4v) is 2.14. The van der Waals surface area contributed by atoms with Crippen molar-refractivity contribution in [3.05, 3.63) is 27.7 Å². The minimum atomic E-state index is -0.868. The number of hydrogen-bond acceptors (Lipinski definition) is 5. The topological polar surface area (TPSA) is 111 Å². The maximum absolute atomic E-state index is 11.9. The molecular weight excluding hydrogens is 357 g/mol. The van der Waals surface area contributed by atoms with E-state index in [0.717, 1.165) is 6.42 Å². The van der Waals surface area contributed by atoms with Crippen molar-refractivity contribution in [2.24, 2.45) is 5.92 Å². The molecular formula is C15H19Cl2N3O4. The molecule has 1 aromatic rings. The summed E-state index contributed by atoms with van der Waals surface area (Å²) in [4.78, 5) is 34.9. The first kappa shape index (κ1) is 20.1. The highest BCUT2D eigenvalue weighted by Crippen LogP contribution is 2.27. The number of nitrogens with one attached hydrogen (secondary N) is 2. The van der Waals surface area contributed by atoms with Crippen LogP contribution in [0.3, 0.4) is 0 Å². The standard InChI is InChI=1S/C15H19Cl2N3O4/c1-8(2)3-4-19-15(23)20-12(21)7-24-14(22)10-5-9(16)6-11(17)13(10)18/h5-6,8H,3-4,7,18H2,1-2H3,(H2,19,20,21,23). The summed E-state index contributed by atoms with van der Waals surface area (Å²) in [5, 5.41) is 4.87. The molecule has 0 aromatic heterocycles. The third-order valence-electron chi connectivity index (χ3n) is 2.91. The number of anilines is 1. The van der Waals surface area contributed by atoms with Crippen molar-refractivity contribution >= 4 is 46.8 Å². The van der Waals surface area contributed by atoms with Crippen molar-refractivity contribution in [2.75, 3.05) is 18.9 Å². The molecule has 3 amide bonds. The highest BCUT2D eigenvalue weighted by atomic mass is 35.5. The van der Waals surface area contributed by atoms with Gasteiger partial charge in [0.1, 0.15) is 0 Å². The minimum Gasteiger partial charge on any atom is -0.452 e. The van der Waals surface area contributed by atoms with Crippen molar-refractivity contribution in [3.63, 3.8) is 0 Å². The first-order valence-corrected chi connectivity index (χ1v) is 7.95. The van der Waals surface area contributed by atoms with Crippen molar-refractivity contribution in [2.45, 2.75) is 20.3 Å². The highest BCUT2D eigenvalue weighted by molar-refractivity contribution is 6.37. The molecule has 0 fully saturated rings. The molecule has 7 nitrogen and oxygen atoms in total. The summed E-state index contributed by atoms with van der Waals surface area (Å²) >= 11 is 11.6. The number of ether oxygens (including phenoxy) is 1. The second kappa shape index (κ2) is 9.34. The van der Waals surface area contributed by atoms with Gasteiger partial charge in [0.2, 0.25) is 0 Å².